The van der Waals surface area contributed by atoms with E-state index >= 15 is 0 Å². The zero-order chi connectivity index (χ0) is 18.8. The van der Waals surface area contributed by atoms with Crippen molar-refractivity contribution in [1.29, 1.82) is 0 Å². The Labute approximate surface area is 164 Å². The van der Waals surface area contributed by atoms with Gasteiger partial charge in [0, 0.05) is 31.2 Å². The number of carbonyl (C=O) groups excluding carboxylic acids is 1. The standard InChI is InChI=1S/C20H22ClN5O/c1-15-10-16(12-17(21)11-15)13-20(27)25-8-6-24(7-9-25)19-3-2-18-4-5-22-14-26(18)23-19/h2-4,10-12,14H,5-9,13H2,1H3. The van der Waals surface area contributed by atoms with Gasteiger partial charge in [0.25, 0.3) is 0 Å². The number of amides is 1. The first-order valence-electron chi connectivity index (χ1n) is 9.13. The van der Waals surface area contributed by atoms with Crippen molar-refractivity contribution >= 4 is 29.7 Å². The molecule has 27 heavy (non-hydrogen) atoms. The number of halogens is 1. The number of rotatable bonds is 2. The number of benzene rings is 1. The summed E-state index contributed by atoms with van der Waals surface area (Å²) in [6, 6.07) is 5.79. The Morgan fingerprint density at radius 3 is 2.74 bits per heavy atom. The van der Waals surface area contributed by atoms with Crippen LogP contribution in [0.5, 0.6) is 0 Å². The van der Waals surface area contributed by atoms with Crippen LogP contribution in [-0.4, -0.2) is 65.6 Å². The summed E-state index contributed by atoms with van der Waals surface area (Å²) in [5.41, 5.74) is 3.10. The second-order valence-corrected chi connectivity index (χ2v) is 7.36. The van der Waals surface area contributed by atoms with Crippen LogP contribution in [-0.2, 0) is 11.2 Å². The van der Waals surface area contributed by atoms with Crippen molar-refractivity contribution in [3.8, 4) is 0 Å². The fourth-order valence-electron chi connectivity index (χ4n) is 3.52. The Bertz CT molecular complexity index is 845. The van der Waals surface area contributed by atoms with Gasteiger partial charge in [-0.3, -0.25) is 9.79 Å². The van der Waals surface area contributed by atoms with Crippen LogP contribution in [0.25, 0.3) is 0 Å². The molecule has 0 bridgehead atoms. The fraction of sp³-hybridized carbons (Fsp3) is 0.350. The molecule has 1 aromatic rings. The van der Waals surface area contributed by atoms with E-state index in [1.807, 2.05) is 42.2 Å². The van der Waals surface area contributed by atoms with Gasteiger partial charge in [0.1, 0.15) is 12.2 Å². The van der Waals surface area contributed by atoms with Crippen molar-refractivity contribution in [1.82, 2.24) is 14.8 Å². The monoisotopic (exact) mass is 383 g/mol. The lowest BCUT2D eigenvalue weighted by Crippen LogP contribution is -2.51. The number of aryl methyl sites for hydroxylation is 1. The average Bonchev–Trinajstić information content (AvgIpc) is 2.67. The third-order valence-corrected chi connectivity index (χ3v) is 5.11. The van der Waals surface area contributed by atoms with Gasteiger partial charge >= 0.3 is 0 Å². The number of hydrogen-bond donors (Lipinski definition) is 0. The van der Waals surface area contributed by atoms with E-state index in [2.05, 4.69) is 21.1 Å². The quantitative estimate of drug-likeness (QED) is 0.788. The van der Waals surface area contributed by atoms with E-state index in [1.165, 1.54) is 0 Å². The van der Waals surface area contributed by atoms with Crippen LogP contribution in [0.3, 0.4) is 0 Å². The number of hydrogen-bond acceptors (Lipinski definition) is 5. The van der Waals surface area contributed by atoms with E-state index in [-0.39, 0.29) is 5.91 Å². The first-order chi connectivity index (χ1) is 13.1. The lowest BCUT2D eigenvalue weighted by Gasteiger charge is -2.37. The van der Waals surface area contributed by atoms with Crippen LogP contribution in [0.1, 0.15) is 11.1 Å². The van der Waals surface area contributed by atoms with E-state index in [0.717, 1.165) is 35.7 Å². The largest absolute Gasteiger partial charge is 0.352 e. The smallest absolute Gasteiger partial charge is 0.227 e. The van der Waals surface area contributed by atoms with Crippen LogP contribution >= 0.6 is 11.6 Å². The Hall–Kier alpha value is -2.60. The number of hydrazone groups is 1. The number of carbonyl (C=O) groups is 1. The minimum absolute atomic E-state index is 0.144. The van der Waals surface area contributed by atoms with Crippen LogP contribution < -0.4 is 0 Å². The topological polar surface area (TPSA) is 51.5 Å². The van der Waals surface area contributed by atoms with Crippen LogP contribution in [0.15, 0.2) is 52.2 Å². The first-order valence-corrected chi connectivity index (χ1v) is 9.51. The lowest BCUT2D eigenvalue weighted by atomic mass is 10.1. The zero-order valence-electron chi connectivity index (χ0n) is 15.3. The number of fused-ring (bicyclic) bond motifs is 1. The molecule has 3 aliphatic rings. The van der Waals surface area contributed by atoms with E-state index in [4.69, 9.17) is 11.6 Å². The fourth-order valence-corrected chi connectivity index (χ4v) is 3.83. The maximum Gasteiger partial charge on any atom is 0.227 e. The summed E-state index contributed by atoms with van der Waals surface area (Å²) in [4.78, 5) is 21.0. The van der Waals surface area contributed by atoms with Gasteiger partial charge in [0.15, 0.2) is 0 Å². The molecule has 3 heterocycles. The summed E-state index contributed by atoms with van der Waals surface area (Å²) in [6.07, 6.45) is 8.29. The predicted molar refractivity (Wildman–Crippen MR) is 108 cm³/mol. The van der Waals surface area contributed by atoms with Gasteiger partial charge in [-0.15, -0.1) is 5.10 Å². The van der Waals surface area contributed by atoms with Crippen molar-refractivity contribution in [2.75, 3.05) is 32.7 Å². The molecular weight excluding hydrogens is 362 g/mol. The molecule has 1 aromatic carbocycles. The highest BCUT2D eigenvalue weighted by Crippen LogP contribution is 2.18. The van der Waals surface area contributed by atoms with Gasteiger partial charge in [0.05, 0.1) is 18.7 Å². The normalized spacial score (nSPS) is 19.0. The highest BCUT2D eigenvalue weighted by atomic mass is 35.5. The van der Waals surface area contributed by atoms with E-state index < -0.39 is 0 Å². The highest BCUT2D eigenvalue weighted by Gasteiger charge is 2.24. The lowest BCUT2D eigenvalue weighted by molar-refractivity contribution is -0.131. The molecule has 6 nitrogen and oxygen atoms in total. The Kier molecular flexibility index (Phi) is 4.99. The number of amidine groups is 1. The average molecular weight is 384 g/mol. The van der Waals surface area contributed by atoms with Gasteiger partial charge in [-0.25, -0.2) is 5.01 Å². The molecule has 140 valence electrons. The Balaban J connectivity index is 1.35. The molecule has 1 saturated heterocycles. The summed E-state index contributed by atoms with van der Waals surface area (Å²) in [5, 5.41) is 7.12. The third-order valence-electron chi connectivity index (χ3n) is 4.89. The summed E-state index contributed by atoms with van der Waals surface area (Å²) in [7, 11) is 0. The number of aliphatic imine (C=N–C) groups is 1. The van der Waals surface area contributed by atoms with Crippen molar-refractivity contribution in [3.05, 3.63) is 58.3 Å². The predicted octanol–water partition coefficient (Wildman–Crippen LogP) is 2.45. The molecule has 1 amide bonds. The molecule has 4 rings (SSSR count). The number of piperazine rings is 1. The first kappa shape index (κ1) is 17.8. The maximum absolute atomic E-state index is 12.6. The summed E-state index contributed by atoms with van der Waals surface area (Å²) < 4.78 is 0. The SMILES string of the molecule is Cc1cc(Cl)cc(CC(=O)N2CCN(C3=NN4C=NCC=C4C=C3)CC2)c1. The highest BCUT2D eigenvalue weighted by molar-refractivity contribution is 6.30. The summed E-state index contributed by atoms with van der Waals surface area (Å²) in [5.74, 6) is 1.06. The molecule has 0 aliphatic carbocycles. The van der Waals surface area contributed by atoms with Gasteiger partial charge < -0.3 is 9.80 Å². The summed E-state index contributed by atoms with van der Waals surface area (Å²) >= 11 is 6.10. The molecule has 0 N–H and O–H groups in total. The van der Waals surface area contributed by atoms with E-state index in [0.29, 0.717) is 31.1 Å². The molecule has 0 aromatic heterocycles. The van der Waals surface area contributed by atoms with Crippen molar-refractivity contribution in [2.45, 2.75) is 13.3 Å². The minimum Gasteiger partial charge on any atom is -0.352 e. The molecule has 0 unspecified atom stereocenters. The van der Waals surface area contributed by atoms with Crippen LogP contribution in [0.4, 0.5) is 0 Å². The molecule has 7 heteroatoms. The second kappa shape index (κ2) is 7.56. The molecular formula is C20H22ClN5O. The van der Waals surface area contributed by atoms with Crippen LogP contribution in [0, 0.1) is 6.92 Å². The molecule has 0 atom stereocenters. The number of nitrogens with zero attached hydrogens (tertiary/aromatic N) is 5. The minimum atomic E-state index is 0.144. The Morgan fingerprint density at radius 1 is 1.15 bits per heavy atom. The van der Waals surface area contributed by atoms with Crippen LogP contribution in [0.2, 0.25) is 5.02 Å². The molecule has 0 saturated carbocycles. The van der Waals surface area contributed by atoms with Gasteiger partial charge in [-0.05, 0) is 48.4 Å². The van der Waals surface area contributed by atoms with Crippen molar-refractivity contribution in [3.63, 3.8) is 0 Å². The summed E-state index contributed by atoms with van der Waals surface area (Å²) in [6.45, 7) is 5.63. The van der Waals surface area contributed by atoms with Crippen molar-refractivity contribution < 1.29 is 4.79 Å². The van der Waals surface area contributed by atoms with Crippen molar-refractivity contribution in [2.24, 2.45) is 10.1 Å². The molecule has 0 radical (unpaired) electrons. The van der Waals surface area contributed by atoms with Gasteiger partial charge in [-0.1, -0.05) is 17.7 Å². The zero-order valence-corrected chi connectivity index (χ0v) is 16.1. The Morgan fingerprint density at radius 2 is 1.96 bits per heavy atom. The number of allylic oxidation sites excluding steroid dienone is 1. The molecule has 3 aliphatic heterocycles. The van der Waals surface area contributed by atoms with E-state index in [1.54, 1.807) is 11.3 Å². The second-order valence-electron chi connectivity index (χ2n) is 6.93. The molecule has 1 fully saturated rings. The molecule has 0 spiro atoms. The maximum atomic E-state index is 12.6. The van der Waals surface area contributed by atoms with Gasteiger partial charge in [-0.2, -0.15) is 0 Å². The third kappa shape index (κ3) is 4.06. The van der Waals surface area contributed by atoms with E-state index in [9.17, 15) is 4.79 Å². The van der Waals surface area contributed by atoms with Gasteiger partial charge in [0.2, 0.25) is 5.91 Å².